The Bertz CT molecular complexity index is 459. The third-order valence-electron chi connectivity index (χ3n) is 3.48. The molecule has 0 radical (unpaired) electrons. The first kappa shape index (κ1) is 15.3. The van der Waals surface area contributed by atoms with Gasteiger partial charge in [-0.25, -0.2) is 0 Å². The summed E-state index contributed by atoms with van der Waals surface area (Å²) in [7, 11) is 1.70. The van der Waals surface area contributed by atoms with E-state index >= 15 is 0 Å². The molecule has 1 N–H and O–H groups in total. The van der Waals surface area contributed by atoms with Crippen LogP contribution in [0.3, 0.4) is 0 Å². The molecule has 5 heteroatoms. The third-order valence-corrected chi connectivity index (χ3v) is 4.01. The van der Waals surface area contributed by atoms with Crippen LogP contribution in [0, 0.1) is 5.92 Å². The fraction of sp³-hybridized carbons (Fsp3) is 0.533. The van der Waals surface area contributed by atoms with Crippen molar-refractivity contribution in [2.45, 2.75) is 32.0 Å². The van der Waals surface area contributed by atoms with Crippen molar-refractivity contribution >= 4 is 21.8 Å². The maximum Gasteiger partial charge on any atom is 0.263 e. The average molecular weight is 342 g/mol. The van der Waals surface area contributed by atoms with Crippen molar-refractivity contribution in [1.29, 1.82) is 0 Å². The summed E-state index contributed by atoms with van der Waals surface area (Å²) in [5.74, 6) is 0.908. The molecule has 0 spiro atoms. The van der Waals surface area contributed by atoms with Crippen LogP contribution in [0.25, 0.3) is 0 Å². The van der Waals surface area contributed by atoms with Crippen LogP contribution in [-0.4, -0.2) is 41.7 Å². The van der Waals surface area contributed by atoms with E-state index in [1.165, 1.54) is 0 Å². The van der Waals surface area contributed by atoms with Crippen molar-refractivity contribution in [3.63, 3.8) is 0 Å². The van der Waals surface area contributed by atoms with Gasteiger partial charge in [0.25, 0.3) is 5.91 Å². The summed E-state index contributed by atoms with van der Waals surface area (Å²) in [5, 5.41) is 9.87. The molecule has 1 aliphatic rings. The quantitative estimate of drug-likeness (QED) is 0.864. The molecule has 0 bridgehead atoms. The number of nitrogens with zero attached hydrogens (tertiary/aromatic N) is 1. The maximum absolute atomic E-state index is 12.2. The Morgan fingerprint density at radius 2 is 2.05 bits per heavy atom. The lowest BCUT2D eigenvalue weighted by Crippen LogP contribution is -2.42. The van der Waals surface area contributed by atoms with Crippen LogP contribution in [0.4, 0.5) is 0 Å². The summed E-state index contributed by atoms with van der Waals surface area (Å²) < 4.78 is 6.58. The summed E-state index contributed by atoms with van der Waals surface area (Å²) in [6, 6.07) is 7.36. The van der Waals surface area contributed by atoms with Crippen LogP contribution in [0.2, 0.25) is 0 Å². The predicted octanol–water partition coefficient (Wildman–Crippen LogP) is 2.45. The summed E-state index contributed by atoms with van der Waals surface area (Å²) in [4.78, 5) is 13.7. The molecule has 20 heavy (non-hydrogen) atoms. The van der Waals surface area contributed by atoms with Crippen LogP contribution in [0.5, 0.6) is 5.75 Å². The Morgan fingerprint density at radius 3 is 2.60 bits per heavy atom. The molecule has 1 aromatic rings. The summed E-state index contributed by atoms with van der Waals surface area (Å²) in [6.45, 7) is 2.10. The molecule has 1 amide bonds. The number of aliphatic hydroxyl groups is 1. The van der Waals surface area contributed by atoms with Crippen molar-refractivity contribution in [3.05, 3.63) is 28.7 Å². The molecule has 1 aromatic carbocycles. The molecule has 2 unspecified atom stereocenters. The van der Waals surface area contributed by atoms with Gasteiger partial charge in [-0.1, -0.05) is 15.9 Å². The van der Waals surface area contributed by atoms with Gasteiger partial charge < -0.3 is 14.7 Å². The van der Waals surface area contributed by atoms with E-state index in [1.807, 2.05) is 24.3 Å². The van der Waals surface area contributed by atoms with E-state index in [9.17, 15) is 9.90 Å². The highest BCUT2D eigenvalue weighted by Crippen LogP contribution is 2.32. The Kier molecular flexibility index (Phi) is 5.05. The third kappa shape index (κ3) is 4.21. The number of rotatable bonds is 6. The SMILES string of the molecule is CC(Oc1ccc(Br)cc1)C(=O)N(C)CC(O)C1CC1. The highest BCUT2D eigenvalue weighted by Gasteiger charge is 2.32. The smallest absolute Gasteiger partial charge is 0.263 e. The molecule has 0 saturated heterocycles. The molecule has 110 valence electrons. The van der Waals surface area contributed by atoms with Gasteiger partial charge in [0.15, 0.2) is 6.10 Å². The van der Waals surface area contributed by atoms with Gasteiger partial charge in [-0.05, 0) is 49.9 Å². The normalized spacial score (nSPS) is 17.4. The van der Waals surface area contributed by atoms with Crippen molar-refractivity contribution in [1.82, 2.24) is 4.90 Å². The number of hydrogen-bond acceptors (Lipinski definition) is 3. The first-order chi connectivity index (χ1) is 9.47. The number of ether oxygens (including phenoxy) is 1. The number of amides is 1. The van der Waals surface area contributed by atoms with E-state index in [0.29, 0.717) is 18.2 Å². The van der Waals surface area contributed by atoms with Gasteiger partial charge in [-0.3, -0.25) is 4.79 Å². The van der Waals surface area contributed by atoms with Gasteiger partial charge in [0.1, 0.15) is 5.75 Å². The molecule has 1 aliphatic carbocycles. The lowest BCUT2D eigenvalue weighted by Gasteiger charge is -2.24. The van der Waals surface area contributed by atoms with Crippen LogP contribution >= 0.6 is 15.9 Å². The largest absolute Gasteiger partial charge is 0.481 e. The van der Waals surface area contributed by atoms with Crippen LogP contribution in [0.1, 0.15) is 19.8 Å². The van der Waals surface area contributed by atoms with E-state index in [0.717, 1.165) is 17.3 Å². The Hall–Kier alpha value is -1.07. The molecular formula is C15H20BrNO3. The first-order valence-corrected chi connectivity index (χ1v) is 7.62. The number of halogens is 1. The second-order valence-corrected chi connectivity index (χ2v) is 6.25. The van der Waals surface area contributed by atoms with E-state index in [-0.39, 0.29) is 5.91 Å². The number of carbonyl (C=O) groups is 1. The summed E-state index contributed by atoms with van der Waals surface area (Å²) in [6.07, 6.45) is 1.15. The fourth-order valence-corrected chi connectivity index (χ4v) is 2.34. The zero-order valence-corrected chi connectivity index (χ0v) is 13.3. The Labute approximate surface area is 127 Å². The molecule has 0 heterocycles. The first-order valence-electron chi connectivity index (χ1n) is 6.82. The molecule has 4 nitrogen and oxygen atoms in total. The van der Waals surface area contributed by atoms with E-state index in [2.05, 4.69) is 15.9 Å². The van der Waals surface area contributed by atoms with E-state index in [1.54, 1.807) is 18.9 Å². The standard InChI is InChI=1S/C15H20BrNO3/c1-10(20-13-7-5-12(16)6-8-13)15(19)17(2)9-14(18)11-3-4-11/h5-8,10-11,14,18H,3-4,9H2,1-2H3. The lowest BCUT2D eigenvalue weighted by molar-refractivity contribution is -0.138. The number of benzene rings is 1. The van der Waals surface area contributed by atoms with Gasteiger partial charge in [0.05, 0.1) is 6.10 Å². The monoisotopic (exact) mass is 341 g/mol. The highest BCUT2D eigenvalue weighted by atomic mass is 79.9. The van der Waals surface area contributed by atoms with Crippen molar-refractivity contribution in [2.75, 3.05) is 13.6 Å². The predicted molar refractivity (Wildman–Crippen MR) is 80.6 cm³/mol. The number of hydrogen-bond donors (Lipinski definition) is 1. The average Bonchev–Trinajstić information content (AvgIpc) is 3.24. The van der Waals surface area contributed by atoms with Crippen LogP contribution in [-0.2, 0) is 4.79 Å². The molecule has 0 aliphatic heterocycles. The molecule has 2 rings (SSSR count). The highest BCUT2D eigenvalue weighted by molar-refractivity contribution is 9.10. The molecule has 1 saturated carbocycles. The van der Waals surface area contributed by atoms with E-state index in [4.69, 9.17) is 4.74 Å². The summed E-state index contributed by atoms with van der Waals surface area (Å²) >= 11 is 3.35. The summed E-state index contributed by atoms with van der Waals surface area (Å²) in [5.41, 5.74) is 0. The minimum Gasteiger partial charge on any atom is -0.481 e. The van der Waals surface area contributed by atoms with Crippen molar-refractivity contribution < 1.29 is 14.6 Å². The number of aliphatic hydroxyl groups excluding tert-OH is 1. The lowest BCUT2D eigenvalue weighted by atomic mass is 10.2. The zero-order valence-electron chi connectivity index (χ0n) is 11.8. The van der Waals surface area contributed by atoms with Gasteiger partial charge in [-0.2, -0.15) is 0 Å². The minimum absolute atomic E-state index is 0.118. The molecule has 2 atom stereocenters. The van der Waals surface area contributed by atoms with E-state index < -0.39 is 12.2 Å². The van der Waals surface area contributed by atoms with Gasteiger partial charge >= 0.3 is 0 Å². The van der Waals surface area contributed by atoms with Crippen LogP contribution in [0.15, 0.2) is 28.7 Å². The second-order valence-electron chi connectivity index (χ2n) is 5.34. The minimum atomic E-state index is -0.562. The van der Waals surface area contributed by atoms with Gasteiger partial charge in [-0.15, -0.1) is 0 Å². The van der Waals surface area contributed by atoms with Gasteiger partial charge in [0.2, 0.25) is 0 Å². The Morgan fingerprint density at radius 1 is 1.45 bits per heavy atom. The zero-order chi connectivity index (χ0) is 14.7. The van der Waals surface area contributed by atoms with Crippen molar-refractivity contribution in [3.8, 4) is 5.75 Å². The Balaban J connectivity index is 1.85. The second kappa shape index (κ2) is 6.59. The topological polar surface area (TPSA) is 49.8 Å². The van der Waals surface area contributed by atoms with Gasteiger partial charge in [0, 0.05) is 18.1 Å². The molecule has 1 fully saturated rings. The van der Waals surface area contributed by atoms with Crippen molar-refractivity contribution in [2.24, 2.45) is 5.92 Å². The number of carbonyl (C=O) groups excluding carboxylic acids is 1. The molecule has 0 aromatic heterocycles. The van der Waals surface area contributed by atoms with Crippen LogP contribution < -0.4 is 4.74 Å². The fourth-order valence-electron chi connectivity index (χ4n) is 2.08. The maximum atomic E-state index is 12.2. The number of likely N-dealkylation sites (N-methyl/N-ethyl adjacent to an activating group) is 1. The molecular weight excluding hydrogens is 322 g/mol.